The number of nitrogens with one attached hydrogen (secondary N) is 1. The maximum Gasteiger partial charge on any atom is 0.241 e. The lowest BCUT2D eigenvalue weighted by molar-refractivity contribution is 0.583. The summed E-state index contributed by atoms with van der Waals surface area (Å²) in [5, 5.41) is 0. The molecular weight excluding hydrogens is 218 g/mol. The maximum atomic E-state index is 11.8. The Hall–Kier alpha value is -0.390. The summed E-state index contributed by atoms with van der Waals surface area (Å²) in [7, 11) is -3.29. The van der Waals surface area contributed by atoms with Crippen molar-refractivity contribution in [3.05, 3.63) is 15.3 Å². The average Bonchev–Trinajstić information content (AvgIpc) is 2.26. The van der Waals surface area contributed by atoms with E-state index in [1.165, 1.54) is 11.3 Å². The summed E-state index contributed by atoms with van der Waals surface area (Å²) in [5.74, 6) is 0. The molecule has 0 saturated heterocycles. The predicted octanol–water partition coefficient (Wildman–Crippen LogP) is 1.97. The van der Waals surface area contributed by atoms with Crippen LogP contribution in [0.25, 0.3) is 0 Å². The number of hydrogen-bond acceptors (Lipinski definition) is 3. The zero-order chi connectivity index (χ0) is 10.9. The van der Waals surface area contributed by atoms with Crippen LogP contribution in [0, 0.1) is 20.8 Å². The zero-order valence-electron chi connectivity index (χ0n) is 8.84. The number of aryl methyl sites for hydroxylation is 2. The van der Waals surface area contributed by atoms with Crippen molar-refractivity contribution < 1.29 is 8.42 Å². The smallest absolute Gasteiger partial charge is 0.211 e. The topological polar surface area (TPSA) is 46.2 Å². The van der Waals surface area contributed by atoms with E-state index in [4.69, 9.17) is 0 Å². The van der Waals surface area contributed by atoms with Crippen LogP contribution >= 0.6 is 11.3 Å². The van der Waals surface area contributed by atoms with Crippen LogP contribution in [0.5, 0.6) is 0 Å². The van der Waals surface area contributed by atoms with Crippen molar-refractivity contribution in [1.82, 2.24) is 4.72 Å². The molecule has 0 aliphatic heterocycles. The molecule has 0 aliphatic carbocycles. The van der Waals surface area contributed by atoms with Crippen molar-refractivity contribution in [3.63, 3.8) is 0 Å². The largest absolute Gasteiger partial charge is 0.241 e. The van der Waals surface area contributed by atoms with Crippen LogP contribution < -0.4 is 4.72 Å². The van der Waals surface area contributed by atoms with Gasteiger partial charge in [-0.05, 0) is 26.3 Å². The lowest BCUT2D eigenvalue weighted by Crippen LogP contribution is -2.24. The molecule has 14 heavy (non-hydrogen) atoms. The molecule has 0 bridgehead atoms. The number of sulfonamides is 1. The lowest BCUT2D eigenvalue weighted by Gasteiger charge is -2.05. The molecular formula is C9H15NO2S2. The molecule has 0 amide bonds. The summed E-state index contributed by atoms with van der Waals surface area (Å²) in [6.07, 6.45) is 0. The summed E-state index contributed by atoms with van der Waals surface area (Å²) < 4.78 is 26.1. The SMILES string of the molecule is CCNS(=O)(=O)c1c(C)sc(C)c1C. The molecule has 1 aromatic heterocycles. The van der Waals surface area contributed by atoms with Crippen LogP contribution in [0.15, 0.2) is 4.90 Å². The molecule has 0 atom stereocenters. The highest BCUT2D eigenvalue weighted by atomic mass is 32.2. The van der Waals surface area contributed by atoms with Crippen molar-refractivity contribution in [2.24, 2.45) is 0 Å². The second-order valence-electron chi connectivity index (χ2n) is 3.17. The normalized spacial score (nSPS) is 12.0. The fraction of sp³-hybridized carbons (Fsp3) is 0.556. The van der Waals surface area contributed by atoms with Gasteiger partial charge >= 0.3 is 0 Å². The van der Waals surface area contributed by atoms with Gasteiger partial charge in [-0.2, -0.15) is 0 Å². The van der Waals surface area contributed by atoms with Gasteiger partial charge in [0, 0.05) is 16.3 Å². The van der Waals surface area contributed by atoms with Gasteiger partial charge in [0.1, 0.15) is 0 Å². The summed E-state index contributed by atoms with van der Waals surface area (Å²) in [6.45, 7) is 7.84. The Labute approximate surface area is 89.2 Å². The molecule has 0 aromatic carbocycles. The monoisotopic (exact) mass is 233 g/mol. The second-order valence-corrected chi connectivity index (χ2v) is 6.30. The van der Waals surface area contributed by atoms with Crippen molar-refractivity contribution in [3.8, 4) is 0 Å². The van der Waals surface area contributed by atoms with Gasteiger partial charge in [0.2, 0.25) is 10.0 Å². The van der Waals surface area contributed by atoms with E-state index >= 15 is 0 Å². The standard InChI is InChI=1S/C9H15NO2S2/c1-5-10-14(11,12)9-6(2)7(3)13-8(9)4/h10H,5H2,1-4H3. The third-order valence-electron chi connectivity index (χ3n) is 2.10. The van der Waals surface area contributed by atoms with Crippen LogP contribution in [-0.4, -0.2) is 15.0 Å². The first kappa shape index (κ1) is 11.7. The number of rotatable bonds is 3. The van der Waals surface area contributed by atoms with Gasteiger partial charge in [0.15, 0.2) is 0 Å². The number of thiophene rings is 1. The first-order valence-electron chi connectivity index (χ1n) is 4.46. The zero-order valence-corrected chi connectivity index (χ0v) is 10.5. The molecule has 0 radical (unpaired) electrons. The number of hydrogen-bond donors (Lipinski definition) is 1. The van der Waals surface area contributed by atoms with Crippen LogP contribution in [0.4, 0.5) is 0 Å². The summed E-state index contributed by atoms with van der Waals surface area (Å²) in [6, 6.07) is 0. The molecule has 3 nitrogen and oxygen atoms in total. The van der Waals surface area contributed by atoms with Crippen LogP contribution in [0.2, 0.25) is 0 Å². The van der Waals surface area contributed by atoms with Gasteiger partial charge in [-0.25, -0.2) is 13.1 Å². The van der Waals surface area contributed by atoms with E-state index in [1.54, 1.807) is 6.92 Å². The molecule has 1 N–H and O–H groups in total. The van der Waals surface area contributed by atoms with Gasteiger partial charge < -0.3 is 0 Å². The van der Waals surface area contributed by atoms with Gasteiger partial charge in [0.05, 0.1) is 4.90 Å². The van der Waals surface area contributed by atoms with Crippen LogP contribution in [-0.2, 0) is 10.0 Å². The van der Waals surface area contributed by atoms with E-state index in [0.717, 1.165) is 15.3 Å². The summed E-state index contributed by atoms with van der Waals surface area (Å²) in [4.78, 5) is 2.39. The van der Waals surface area contributed by atoms with Gasteiger partial charge in [-0.3, -0.25) is 0 Å². The molecule has 0 unspecified atom stereocenters. The van der Waals surface area contributed by atoms with Crippen LogP contribution in [0.1, 0.15) is 22.2 Å². The quantitative estimate of drug-likeness (QED) is 0.867. The highest BCUT2D eigenvalue weighted by Gasteiger charge is 2.21. The molecule has 1 aromatic rings. The van der Waals surface area contributed by atoms with E-state index in [-0.39, 0.29) is 0 Å². The Morgan fingerprint density at radius 2 is 1.79 bits per heavy atom. The lowest BCUT2D eigenvalue weighted by atomic mass is 10.3. The van der Waals surface area contributed by atoms with E-state index in [2.05, 4.69) is 4.72 Å². The molecule has 1 rings (SSSR count). The first-order valence-corrected chi connectivity index (χ1v) is 6.76. The second kappa shape index (κ2) is 4.00. The Bertz CT molecular complexity index is 432. The predicted molar refractivity (Wildman–Crippen MR) is 59.4 cm³/mol. The molecule has 0 spiro atoms. The van der Waals surface area contributed by atoms with E-state index in [9.17, 15) is 8.42 Å². The Morgan fingerprint density at radius 3 is 2.14 bits per heavy atom. The van der Waals surface area contributed by atoms with Crippen molar-refractivity contribution in [2.75, 3.05) is 6.54 Å². The average molecular weight is 233 g/mol. The molecule has 80 valence electrons. The highest BCUT2D eigenvalue weighted by molar-refractivity contribution is 7.89. The molecule has 1 heterocycles. The van der Waals surface area contributed by atoms with E-state index in [0.29, 0.717) is 11.4 Å². The molecule has 0 aliphatic rings. The maximum absolute atomic E-state index is 11.8. The molecule has 0 saturated carbocycles. The molecule has 5 heteroatoms. The minimum atomic E-state index is -3.29. The Morgan fingerprint density at radius 1 is 1.21 bits per heavy atom. The third-order valence-corrected chi connectivity index (χ3v) is 5.17. The highest BCUT2D eigenvalue weighted by Crippen LogP contribution is 2.30. The molecule has 0 fully saturated rings. The minimum absolute atomic E-state index is 0.427. The van der Waals surface area contributed by atoms with E-state index in [1.807, 2.05) is 20.8 Å². The fourth-order valence-corrected chi connectivity index (χ4v) is 4.37. The van der Waals surface area contributed by atoms with Gasteiger partial charge in [0.25, 0.3) is 0 Å². The van der Waals surface area contributed by atoms with Gasteiger partial charge in [-0.1, -0.05) is 6.92 Å². The Balaban J connectivity index is 3.32. The first-order chi connectivity index (χ1) is 6.40. The summed E-state index contributed by atoms with van der Waals surface area (Å²) in [5.41, 5.74) is 0.869. The van der Waals surface area contributed by atoms with Crippen LogP contribution in [0.3, 0.4) is 0 Å². The van der Waals surface area contributed by atoms with Crippen molar-refractivity contribution in [1.29, 1.82) is 0 Å². The summed E-state index contributed by atoms with van der Waals surface area (Å²) >= 11 is 1.53. The minimum Gasteiger partial charge on any atom is -0.211 e. The van der Waals surface area contributed by atoms with Crippen molar-refractivity contribution in [2.45, 2.75) is 32.6 Å². The fourth-order valence-electron chi connectivity index (χ4n) is 1.43. The van der Waals surface area contributed by atoms with Crippen molar-refractivity contribution >= 4 is 21.4 Å². The van der Waals surface area contributed by atoms with Gasteiger partial charge in [-0.15, -0.1) is 11.3 Å². The van der Waals surface area contributed by atoms with E-state index < -0.39 is 10.0 Å². The Kier molecular flexibility index (Phi) is 3.34. The third kappa shape index (κ3) is 1.99.